The summed E-state index contributed by atoms with van der Waals surface area (Å²) in [6.45, 7) is 3.49. The molecule has 0 fully saturated rings. The van der Waals surface area contributed by atoms with Crippen molar-refractivity contribution >= 4 is 17.2 Å². The lowest BCUT2D eigenvalue weighted by Gasteiger charge is -2.26. The molecule has 1 N–H and O–H groups in total. The van der Waals surface area contributed by atoms with E-state index in [-0.39, 0.29) is 24.0 Å². The number of aromatic nitrogens is 8. The van der Waals surface area contributed by atoms with Gasteiger partial charge in [-0.3, -0.25) is 14.2 Å². The number of thiazole rings is 1. The fourth-order valence-electron chi connectivity index (χ4n) is 3.91. The topological polar surface area (TPSA) is 118 Å². The molecule has 4 heterocycles. The molecule has 38 heavy (non-hydrogen) atoms. The minimum absolute atomic E-state index is 0.145. The van der Waals surface area contributed by atoms with Gasteiger partial charge in [0.25, 0.3) is 5.91 Å². The molecule has 196 valence electrons. The number of aryl methyl sites for hydroxylation is 1. The van der Waals surface area contributed by atoms with Crippen LogP contribution in [0.4, 0.5) is 4.39 Å². The minimum Gasteiger partial charge on any atom is -0.383 e. The molecule has 0 spiro atoms. The van der Waals surface area contributed by atoms with Crippen LogP contribution in [0.1, 0.15) is 28.0 Å². The summed E-state index contributed by atoms with van der Waals surface area (Å²) in [6, 6.07) is 5.77. The zero-order valence-electron chi connectivity index (χ0n) is 21.1. The Balaban J connectivity index is 1.36. The third-order valence-electron chi connectivity index (χ3n) is 6.19. The first-order chi connectivity index (χ1) is 18.4. The number of benzene rings is 1. The molecule has 5 rings (SSSR count). The Morgan fingerprint density at radius 2 is 1.97 bits per heavy atom. The average molecular weight is 536 g/mol. The van der Waals surface area contributed by atoms with Gasteiger partial charge in [0.15, 0.2) is 5.69 Å². The van der Waals surface area contributed by atoms with Gasteiger partial charge in [0, 0.05) is 49.6 Å². The van der Waals surface area contributed by atoms with Crippen LogP contribution in [0.5, 0.6) is 0 Å². The van der Waals surface area contributed by atoms with Crippen LogP contribution < -0.4 is 5.32 Å². The van der Waals surface area contributed by atoms with E-state index in [4.69, 9.17) is 9.72 Å². The van der Waals surface area contributed by atoms with Crippen LogP contribution in [-0.2, 0) is 23.7 Å². The van der Waals surface area contributed by atoms with Crippen LogP contribution in [0.15, 0.2) is 60.6 Å². The van der Waals surface area contributed by atoms with Gasteiger partial charge in [-0.2, -0.15) is 10.2 Å². The summed E-state index contributed by atoms with van der Waals surface area (Å²) in [4.78, 5) is 17.9. The summed E-state index contributed by atoms with van der Waals surface area (Å²) in [6.07, 6.45) is 8.92. The van der Waals surface area contributed by atoms with E-state index in [0.29, 0.717) is 18.8 Å². The van der Waals surface area contributed by atoms with E-state index < -0.39 is 5.41 Å². The molecule has 0 radical (unpaired) electrons. The van der Waals surface area contributed by atoms with Crippen molar-refractivity contribution in [2.45, 2.75) is 18.9 Å². The van der Waals surface area contributed by atoms with E-state index in [9.17, 15) is 9.18 Å². The van der Waals surface area contributed by atoms with E-state index in [0.717, 1.165) is 21.8 Å². The number of rotatable bonds is 10. The Kier molecular flexibility index (Phi) is 7.11. The fraction of sp³-hybridized carbons (Fsp3) is 0.280. The van der Waals surface area contributed by atoms with Crippen molar-refractivity contribution in [1.29, 1.82) is 0 Å². The first kappa shape index (κ1) is 25.4. The second-order valence-corrected chi connectivity index (χ2v) is 9.82. The van der Waals surface area contributed by atoms with Crippen LogP contribution in [-0.4, -0.2) is 65.7 Å². The van der Waals surface area contributed by atoms with Crippen molar-refractivity contribution in [2.24, 2.45) is 7.05 Å². The van der Waals surface area contributed by atoms with Gasteiger partial charge in [-0.25, -0.2) is 14.1 Å². The Bertz CT molecular complexity index is 1540. The Morgan fingerprint density at radius 1 is 1.16 bits per heavy atom. The molecular weight excluding hydrogens is 509 g/mol. The number of hydrogen-bond acceptors (Lipinski definition) is 8. The van der Waals surface area contributed by atoms with Crippen molar-refractivity contribution < 1.29 is 13.9 Å². The molecule has 0 saturated carbocycles. The van der Waals surface area contributed by atoms with Gasteiger partial charge in [0.05, 0.1) is 48.5 Å². The second kappa shape index (κ2) is 10.6. The van der Waals surface area contributed by atoms with Gasteiger partial charge in [0.1, 0.15) is 10.8 Å². The lowest BCUT2D eigenvalue weighted by atomic mass is 9.85. The molecule has 1 unspecified atom stereocenters. The van der Waals surface area contributed by atoms with Crippen molar-refractivity contribution in [1.82, 2.24) is 44.9 Å². The standard InChI is InChI=1S/C25H26FN9O2S/c1-25(18-11-28-33(2)13-18,24-30-22(15-38-24)17-10-29-34(12-17)8-9-37-3)16-27-23(36)21-14-35(32-31-21)20-6-4-19(26)5-7-20/h4-7,10-15H,8-9,16H2,1-3H3,(H,27,36). The lowest BCUT2D eigenvalue weighted by molar-refractivity contribution is 0.0942. The smallest absolute Gasteiger partial charge is 0.273 e. The van der Waals surface area contributed by atoms with Crippen molar-refractivity contribution in [3.05, 3.63) is 82.7 Å². The Morgan fingerprint density at radius 3 is 2.71 bits per heavy atom. The van der Waals surface area contributed by atoms with Crippen LogP contribution in [0.3, 0.4) is 0 Å². The molecule has 4 aromatic heterocycles. The number of ether oxygens (including phenoxy) is 1. The zero-order valence-corrected chi connectivity index (χ0v) is 21.9. The monoisotopic (exact) mass is 535 g/mol. The molecule has 0 aliphatic heterocycles. The maximum absolute atomic E-state index is 13.2. The molecule has 0 aliphatic rings. The van der Waals surface area contributed by atoms with Crippen LogP contribution in [0, 0.1) is 5.82 Å². The predicted molar refractivity (Wildman–Crippen MR) is 139 cm³/mol. The third kappa shape index (κ3) is 5.24. The highest BCUT2D eigenvalue weighted by Gasteiger charge is 2.34. The number of amides is 1. The zero-order chi connectivity index (χ0) is 26.7. The Hall–Kier alpha value is -4.23. The molecule has 13 heteroatoms. The first-order valence-corrected chi connectivity index (χ1v) is 12.7. The summed E-state index contributed by atoms with van der Waals surface area (Å²) in [5.74, 6) is -0.739. The number of nitrogens with zero attached hydrogens (tertiary/aromatic N) is 8. The molecular formula is C25H26FN9O2S. The molecule has 1 amide bonds. The number of hydrogen-bond donors (Lipinski definition) is 1. The summed E-state index contributed by atoms with van der Waals surface area (Å²) in [7, 11) is 3.50. The van der Waals surface area contributed by atoms with E-state index >= 15 is 0 Å². The van der Waals surface area contributed by atoms with Gasteiger partial charge >= 0.3 is 0 Å². The molecule has 1 aromatic carbocycles. The van der Waals surface area contributed by atoms with E-state index in [2.05, 4.69) is 25.8 Å². The molecule has 0 saturated heterocycles. The SMILES string of the molecule is COCCn1cc(-c2csc(C(C)(CNC(=O)c3cn(-c4ccc(F)cc4)nn3)c3cnn(C)c3)n2)cn1. The highest BCUT2D eigenvalue weighted by atomic mass is 32.1. The highest BCUT2D eigenvalue weighted by Crippen LogP contribution is 2.35. The van der Waals surface area contributed by atoms with E-state index in [1.54, 1.807) is 36.3 Å². The predicted octanol–water partition coefficient (Wildman–Crippen LogP) is 2.84. The summed E-state index contributed by atoms with van der Waals surface area (Å²) in [5, 5.41) is 22.5. The molecule has 5 aromatic rings. The minimum atomic E-state index is -0.661. The van der Waals surface area contributed by atoms with Crippen LogP contribution in [0.25, 0.3) is 16.9 Å². The molecule has 11 nitrogen and oxygen atoms in total. The second-order valence-electron chi connectivity index (χ2n) is 8.97. The quantitative estimate of drug-likeness (QED) is 0.292. The number of nitrogens with one attached hydrogen (secondary N) is 1. The van der Waals surface area contributed by atoms with E-state index in [1.807, 2.05) is 36.4 Å². The number of carbonyl (C=O) groups excluding carboxylic acids is 1. The van der Waals surface area contributed by atoms with Gasteiger partial charge in [0.2, 0.25) is 0 Å². The van der Waals surface area contributed by atoms with Gasteiger partial charge in [-0.1, -0.05) is 5.21 Å². The maximum Gasteiger partial charge on any atom is 0.273 e. The van der Waals surface area contributed by atoms with Gasteiger partial charge < -0.3 is 10.1 Å². The van der Waals surface area contributed by atoms with Crippen molar-refractivity contribution in [3.63, 3.8) is 0 Å². The average Bonchev–Trinajstić information content (AvgIpc) is 3.72. The lowest BCUT2D eigenvalue weighted by Crippen LogP contribution is -2.39. The van der Waals surface area contributed by atoms with Gasteiger partial charge in [-0.15, -0.1) is 16.4 Å². The Labute approximate surface area is 221 Å². The molecule has 1 atom stereocenters. The van der Waals surface area contributed by atoms with Crippen LogP contribution >= 0.6 is 11.3 Å². The largest absolute Gasteiger partial charge is 0.383 e. The number of halogens is 1. The van der Waals surface area contributed by atoms with E-state index in [1.165, 1.54) is 34.3 Å². The summed E-state index contributed by atoms with van der Waals surface area (Å²) in [5.41, 5.74) is 2.69. The summed E-state index contributed by atoms with van der Waals surface area (Å²) >= 11 is 1.51. The fourth-order valence-corrected chi connectivity index (χ4v) is 4.92. The molecule has 0 bridgehead atoms. The highest BCUT2D eigenvalue weighted by molar-refractivity contribution is 7.10. The maximum atomic E-state index is 13.2. The van der Waals surface area contributed by atoms with Crippen LogP contribution in [0.2, 0.25) is 0 Å². The van der Waals surface area contributed by atoms with Crippen molar-refractivity contribution in [2.75, 3.05) is 20.3 Å². The number of carbonyl (C=O) groups is 1. The van der Waals surface area contributed by atoms with Gasteiger partial charge in [-0.05, 0) is 31.2 Å². The third-order valence-corrected chi connectivity index (χ3v) is 7.30. The normalized spacial score (nSPS) is 12.9. The molecule has 0 aliphatic carbocycles. The number of methoxy groups -OCH3 is 1. The summed E-state index contributed by atoms with van der Waals surface area (Å²) < 4.78 is 23.3. The first-order valence-electron chi connectivity index (χ1n) is 11.8. The van der Waals surface area contributed by atoms with Crippen molar-refractivity contribution in [3.8, 4) is 16.9 Å².